The van der Waals surface area contributed by atoms with E-state index < -0.39 is 0 Å². The molecule has 102 valence electrons. The summed E-state index contributed by atoms with van der Waals surface area (Å²) in [4.78, 5) is 14.0. The van der Waals surface area contributed by atoms with E-state index in [2.05, 4.69) is 5.16 Å². The van der Waals surface area contributed by atoms with Crippen LogP contribution in [0, 0.1) is 0 Å². The summed E-state index contributed by atoms with van der Waals surface area (Å²) in [6.07, 6.45) is 0.855. The van der Waals surface area contributed by atoms with E-state index in [1.54, 1.807) is 29.2 Å². The van der Waals surface area contributed by atoms with Crippen molar-refractivity contribution in [3.05, 3.63) is 35.4 Å². The fourth-order valence-electron chi connectivity index (χ4n) is 1.97. The Kier molecular flexibility index (Phi) is 4.35. The van der Waals surface area contributed by atoms with Gasteiger partial charge in [-0.1, -0.05) is 17.3 Å². The summed E-state index contributed by atoms with van der Waals surface area (Å²) in [7, 11) is 0. The van der Waals surface area contributed by atoms with Crippen LogP contribution in [0.4, 0.5) is 0 Å². The van der Waals surface area contributed by atoms with Crippen LogP contribution in [0.25, 0.3) is 0 Å². The van der Waals surface area contributed by atoms with Gasteiger partial charge in [0.05, 0.1) is 6.61 Å². The number of oxime groups is 1. The molecule has 2 rings (SSSR count). The first-order chi connectivity index (χ1) is 9.22. The number of rotatable bonds is 2. The van der Waals surface area contributed by atoms with Gasteiger partial charge < -0.3 is 20.6 Å². The Bertz CT molecular complexity index is 463. The van der Waals surface area contributed by atoms with E-state index in [1.165, 1.54) is 0 Å². The van der Waals surface area contributed by atoms with Crippen LogP contribution in [-0.4, -0.2) is 48.2 Å². The Morgan fingerprint density at radius 3 is 2.58 bits per heavy atom. The topological polar surface area (TPSA) is 88.2 Å². The van der Waals surface area contributed by atoms with E-state index in [4.69, 9.17) is 15.7 Å². The fraction of sp³-hybridized carbons (Fsp3) is 0.385. The summed E-state index contributed by atoms with van der Waals surface area (Å²) in [5, 5.41) is 11.5. The van der Waals surface area contributed by atoms with E-state index in [0.29, 0.717) is 37.4 Å². The molecule has 1 aromatic rings. The molecule has 19 heavy (non-hydrogen) atoms. The normalized spacial score (nSPS) is 17.1. The molecular formula is C13H17N3O3. The largest absolute Gasteiger partial charge is 0.409 e. The molecule has 1 fully saturated rings. The summed E-state index contributed by atoms with van der Waals surface area (Å²) in [5.74, 6) is 0.0127. The summed E-state index contributed by atoms with van der Waals surface area (Å²) >= 11 is 0. The molecule has 1 saturated heterocycles. The Balaban J connectivity index is 2.10. The zero-order valence-electron chi connectivity index (χ0n) is 10.6. The minimum atomic E-state index is -0.0171. The van der Waals surface area contributed by atoms with E-state index in [0.717, 1.165) is 6.42 Å². The number of hydrogen-bond acceptors (Lipinski definition) is 4. The van der Waals surface area contributed by atoms with Gasteiger partial charge in [-0.3, -0.25) is 4.79 Å². The molecule has 0 radical (unpaired) electrons. The van der Waals surface area contributed by atoms with Crippen LogP contribution < -0.4 is 5.73 Å². The van der Waals surface area contributed by atoms with Gasteiger partial charge in [-0.05, 0) is 18.6 Å². The van der Waals surface area contributed by atoms with Crippen LogP contribution >= 0.6 is 0 Å². The van der Waals surface area contributed by atoms with Gasteiger partial charge in [-0.15, -0.1) is 0 Å². The highest BCUT2D eigenvalue weighted by Gasteiger charge is 2.17. The van der Waals surface area contributed by atoms with Gasteiger partial charge in [0.1, 0.15) is 0 Å². The smallest absolute Gasteiger partial charge is 0.253 e. The Morgan fingerprint density at radius 2 is 1.89 bits per heavy atom. The van der Waals surface area contributed by atoms with Crippen molar-refractivity contribution in [2.75, 3.05) is 26.3 Å². The Morgan fingerprint density at radius 1 is 1.21 bits per heavy atom. The molecule has 0 atom stereocenters. The fourth-order valence-corrected chi connectivity index (χ4v) is 1.97. The highest BCUT2D eigenvalue weighted by atomic mass is 16.5. The first kappa shape index (κ1) is 13.4. The molecule has 1 aromatic carbocycles. The first-order valence-electron chi connectivity index (χ1n) is 6.17. The lowest BCUT2D eigenvalue weighted by molar-refractivity contribution is 0.0741. The second-order valence-electron chi connectivity index (χ2n) is 4.32. The van der Waals surface area contributed by atoms with E-state index in [9.17, 15) is 4.79 Å². The molecule has 1 aliphatic rings. The average Bonchev–Trinajstić information content (AvgIpc) is 2.75. The average molecular weight is 263 g/mol. The first-order valence-corrected chi connectivity index (χ1v) is 6.17. The number of carbonyl (C=O) groups is 1. The summed E-state index contributed by atoms with van der Waals surface area (Å²) in [6.45, 7) is 2.60. The number of hydrogen-bond donors (Lipinski definition) is 2. The van der Waals surface area contributed by atoms with Crippen molar-refractivity contribution in [3.63, 3.8) is 0 Å². The van der Waals surface area contributed by atoms with Crippen LogP contribution in [0.2, 0.25) is 0 Å². The van der Waals surface area contributed by atoms with Crippen molar-refractivity contribution in [2.24, 2.45) is 10.9 Å². The van der Waals surface area contributed by atoms with Gasteiger partial charge in [0, 0.05) is 30.8 Å². The molecule has 6 heteroatoms. The van der Waals surface area contributed by atoms with E-state index in [1.807, 2.05) is 0 Å². The Labute approximate surface area is 111 Å². The molecule has 0 spiro atoms. The summed E-state index contributed by atoms with van der Waals surface area (Å²) in [6, 6.07) is 6.69. The maximum absolute atomic E-state index is 12.3. The van der Waals surface area contributed by atoms with Crippen LogP contribution in [0.3, 0.4) is 0 Å². The summed E-state index contributed by atoms with van der Waals surface area (Å²) < 4.78 is 5.32. The number of carbonyl (C=O) groups excluding carboxylic acids is 1. The maximum Gasteiger partial charge on any atom is 0.253 e. The molecule has 0 unspecified atom stereocenters. The van der Waals surface area contributed by atoms with Gasteiger partial charge >= 0.3 is 0 Å². The molecule has 0 aromatic heterocycles. The zero-order chi connectivity index (χ0) is 13.7. The molecular weight excluding hydrogens is 246 g/mol. The van der Waals surface area contributed by atoms with E-state index >= 15 is 0 Å². The SMILES string of the molecule is NC(=NO)c1ccc(C(=O)N2CCCOCC2)cc1. The molecule has 0 saturated carbocycles. The highest BCUT2D eigenvalue weighted by molar-refractivity contribution is 5.99. The number of amidine groups is 1. The third-order valence-electron chi connectivity index (χ3n) is 3.04. The van der Waals surface area contributed by atoms with Gasteiger partial charge in [0.15, 0.2) is 5.84 Å². The molecule has 1 amide bonds. The van der Waals surface area contributed by atoms with Crippen molar-refractivity contribution >= 4 is 11.7 Å². The Hall–Kier alpha value is -2.08. The van der Waals surface area contributed by atoms with Gasteiger partial charge in [0.25, 0.3) is 5.91 Å². The molecule has 6 nitrogen and oxygen atoms in total. The van der Waals surface area contributed by atoms with E-state index in [-0.39, 0.29) is 11.7 Å². The molecule has 0 bridgehead atoms. The number of amides is 1. The molecule has 0 aliphatic carbocycles. The minimum absolute atomic E-state index is 0.0171. The lowest BCUT2D eigenvalue weighted by atomic mass is 10.1. The zero-order valence-corrected chi connectivity index (χ0v) is 10.6. The third-order valence-corrected chi connectivity index (χ3v) is 3.04. The number of nitrogens with zero attached hydrogens (tertiary/aromatic N) is 2. The molecule has 3 N–H and O–H groups in total. The maximum atomic E-state index is 12.3. The summed E-state index contributed by atoms with van der Waals surface area (Å²) in [5.41, 5.74) is 6.65. The third kappa shape index (κ3) is 3.23. The minimum Gasteiger partial charge on any atom is -0.409 e. The van der Waals surface area contributed by atoms with Crippen LogP contribution in [-0.2, 0) is 4.74 Å². The molecule has 1 heterocycles. The van der Waals surface area contributed by atoms with Gasteiger partial charge in [0.2, 0.25) is 0 Å². The quantitative estimate of drug-likeness (QED) is 0.355. The van der Waals surface area contributed by atoms with Crippen molar-refractivity contribution in [3.8, 4) is 0 Å². The second kappa shape index (κ2) is 6.19. The van der Waals surface area contributed by atoms with Crippen LogP contribution in [0.5, 0.6) is 0 Å². The van der Waals surface area contributed by atoms with Crippen molar-refractivity contribution < 1.29 is 14.7 Å². The predicted molar refractivity (Wildman–Crippen MR) is 70.3 cm³/mol. The van der Waals surface area contributed by atoms with Crippen LogP contribution in [0.1, 0.15) is 22.3 Å². The number of benzene rings is 1. The van der Waals surface area contributed by atoms with Gasteiger partial charge in [-0.2, -0.15) is 0 Å². The van der Waals surface area contributed by atoms with Crippen LogP contribution in [0.15, 0.2) is 29.4 Å². The lowest BCUT2D eigenvalue weighted by Gasteiger charge is -2.19. The monoisotopic (exact) mass is 263 g/mol. The molecule has 1 aliphatic heterocycles. The predicted octanol–water partition coefficient (Wildman–Crippen LogP) is 0.644. The highest BCUT2D eigenvalue weighted by Crippen LogP contribution is 2.10. The standard InChI is InChI=1S/C13H17N3O3/c14-12(15-18)10-2-4-11(5-3-10)13(17)16-6-1-8-19-9-7-16/h2-5,18H,1,6-9H2,(H2,14,15). The van der Waals surface area contributed by atoms with Crippen molar-refractivity contribution in [1.82, 2.24) is 4.90 Å². The van der Waals surface area contributed by atoms with Crippen molar-refractivity contribution in [2.45, 2.75) is 6.42 Å². The number of nitrogens with two attached hydrogens (primary N) is 1. The van der Waals surface area contributed by atoms with Crippen molar-refractivity contribution in [1.29, 1.82) is 0 Å². The lowest BCUT2D eigenvalue weighted by Crippen LogP contribution is -2.33. The number of ether oxygens (including phenoxy) is 1. The second-order valence-corrected chi connectivity index (χ2v) is 4.32. The van der Waals surface area contributed by atoms with Gasteiger partial charge in [-0.25, -0.2) is 0 Å².